The van der Waals surface area contributed by atoms with E-state index in [-0.39, 0.29) is 6.04 Å². The molecule has 0 fully saturated rings. The number of halogens is 2. The first kappa shape index (κ1) is 16.2. The van der Waals surface area contributed by atoms with Gasteiger partial charge < -0.3 is 10.1 Å². The van der Waals surface area contributed by atoms with Crippen molar-refractivity contribution in [2.75, 3.05) is 13.7 Å². The number of rotatable bonds is 5. The summed E-state index contributed by atoms with van der Waals surface area (Å²) < 4.78 is 5.50. The predicted octanol–water partition coefficient (Wildman–Crippen LogP) is 5.01. The topological polar surface area (TPSA) is 21.3 Å². The highest BCUT2D eigenvalue weighted by Crippen LogP contribution is 2.33. The maximum absolute atomic E-state index is 6.14. The summed E-state index contributed by atoms with van der Waals surface area (Å²) in [5.74, 6) is 0.850. The van der Waals surface area contributed by atoms with Crippen molar-refractivity contribution < 1.29 is 4.74 Å². The standard InChI is InChI=1S/C17H19Cl2NO/c1-4-20-17(12-8-13(18)10-14(19)9-12)15-7-11(2)5-6-16(15)21-3/h5-10,17,20H,4H2,1-3H3. The summed E-state index contributed by atoms with van der Waals surface area (Å²) in [6.45, 7) is 4.96. The van der Waals surface area contributed by atoms with Crippen molar-refractivity contribution in [1.29, 1.82) is 0 Å². The first-order valence-corrected chi connectivity index (χ1v) is 7.64. The highest BCUT2D eigenvalue weighted by molar-refractivity contribution is 6.34. The molecule has 2 aromatic carbocycles. The smallest absolute Gasteiger partial charge is 0.123 e. The Kier molecular flexibility index (Phi) is 5.51. The number of methoxy groups -OCH3 is 1. The van der Waals surface area contributed by atoms with E-state index in [2.05, 4.69) is 25.2 Å². The third kappa shape index (κ3) is 3.91. The Bertz CT molecular complexity index is 608. The summed E-state index contributed by atoms with van der Waals surface area (Å²) in [5, 5.41) is 4.74. The van der Waals surface area contributed by atoms with Crippen LogP contribution in [0.2, 0.25) is 10.0 Å². The van der Waals surface area contributed by atoms with Crippen LogP contribution in [0.3, 0.4) is 0 Å². The number of aryl methyl sites for hydroxylation is 1. The van der Waals surface area contributed by atoms with Crippen molar-refractivity contribution >= 4 is 23.2 Å². The van der Waals surface area contributed by atoms with E-state index in [1.165, 1.54) is 5.56 Å². The number of hydrogen-bond acceptors (Lipinski definition) is 2. The van der Waals surface area contributed by atoms with Crippen LogP contribution < -0.4 is 10.1 Å². The molecule has 112 valence electrons. The van der Waals surface area contributed by atoms with Gasteiger partial charge in [-0.15, -0.1) is 0 Å². The predicted molar refractivity (Wildman–Crippen MR) is 89.7 cm³/mol. The van der Waals surface area contributed by atoms with Crippen LogP contribution in [0, 0.1) is 6.92 Å². The van der Waals surface area contributed by atoms with Crippen LogP contribution in [-0.2, 0) is 0 Å². The first-order valence-electron chi connectivity index (χ1n) is 6.89. The van der Waals surface area contributed by atoms with Gasteiger partial charge in [0.2, 0.25) is 0 Å². The minimum atomic E-state index is -0.0129. The molecule has 0 amide bonds. The molecule has 0 radical (unpaired) electrons. The zero-order chi connectivity index (χ0) is 15.4. The summed E-state index contributed by atoms with van der Waals surface area (Å²) in [5.41, 5.74) is 3.29. The Labute approximate surface area is 136 Å². The van der Waals surface area contributed by atoms with Crippen molar-refractivity contribution in [3.05, 3.63) is 63.1 Å². The Morgan fingerprint density at radius 3 is 2.33 bits per heavy atom. The molecule has 0 heterocycles. The van der Waals surface area contributed by atoms with Crippen LogP contribution in [0.1, 0.15) is 29.7 Å². The molecule has 0 spiro atoms. The normalized spacial score (nSPS) is 12.2. The summed E-state index contributed by atoms with van der Waals surface area (Å²) in [7, 11) is 1.68. The van der Waals surface area contributed by atoms with Crippen molar-refractivity contribution in [2.24, 2.45) is 0 Å². The molecule has 21 heavy (non-hydrogen) atoms. The first-order chi connectivity index (χ1) is 10.0. The fraction of sp³-hybridized carbons (Fsp3) is 0.294. The van der Waals surface area contributed by atoms with Gasteiger partial charge in [0.15, 0.2) is 0 Å². The molecule has 2 rings (SSSR count). The average molecular weight is 324 g/mol. The maximum atomic E-state index is 6.14. The monoisotopic (exact) mass is 323 g/mol. The second-order valence-corrected chi connectivity index (χ2v) is 5.81. The molecule has 0 saturated carbocycles. The minimum absolute atomic E-state index is 0.0129. The van der Waals surface area contributed by atoms with Gasteiger partial charge >= 0.3 is 0 Å². The van der Waals surface area contributed by atoms with E-state index < -0.39 is 0 Å². The van der Waals surface area contributed by atoms with Gasteiger partial charge in [-0.2, -0.15) is 0 Å². The lowest BCUT2D eigenvalue weighted by atomic mass is 9.96. The van der Waals surface area contributed by atoms with E-state index in [1.54, 1.807) is 13.2 Å². The second-order valence-electron chi connectivity index (χ2n) is 4.94. The van der Waals surface area contributed by atoms with Crippen molar-refractivity contribution in [3.8, 4) is 5.75 Å². The van der Waals surface area contributed by atoms with E-state index >= 15 is 0 Å². The molecule has 0 bridgehead atoms. The quantitative estimate of drug-likeness (QED) is 0.835. The summed E-state index contributed by atoms with van der Waals surface area (Å²) in [6, 6.07) is 11.7. The van der Waals surface area contributed by atoms with Gasteiger partial charge in [0.25, 0.3) is 0 Å². The highest BCUT2D eigenvalue weighted by atomic mass is 35.5. The number of nitrogens with one attached hydrogen (secondary N) is 1. The SMILES string of the molecule is CCNC(c1cc(Cl)cc(Cl)c1)c1cc(C)ccc1OC. The average Bonchev–Trinajstić information content (AvgIpc) is 2.43. The highest BCUT2D eigenvalue weighted by Gasteiger charge is 2.18. The van der Waals surface area contributed by atoms with Crippen LogP contribution in [0.25, 0.3) is 0 Å². The summed E-state index contributed by atoms with van der Waals surface area (Å²) >= 11 is 12.3. The van der Waals surface area contributed by atoms with E-state index in [0.29, 0.717) is 10.0 Å². The van der Waals surface area contributed by atoms with Crippen molar-refractivity contribution in [2.45, 2.75) is 19.9 Å². The molecule has 1 atom stereocenters. The fourth-order valence-corrected chi connectivity index (χ4v) is 2.98. The van der Waals surface area contributed by atoms with Crippen molar-refractivity contribution in [3.63, 3.8) is 0 Å². The van der Waals surface area contributed by atoms with Crippen LogP contribution in [-0.4, -0.2) is 13.7 Å². The summed E-state index contributed by atoms with van der Waals surface area (Å²) in [6.07, 6.45) is 0. The molecule has 4 heteroatoms. The van der Waals surface area contributed by atoms with E-state index in [9.17, 15) is 0 Å². The molecule has 0 aliphatic heterocycles. The van der Waals surface area contributed by atoms with Crippen LogP contribution >= 0.6 is 23.2 Å². The molecule has 1 N–H and O–H groups in total. The van der Waals surface area contributed by atoms with Gasteiger partial charge in [-0.3, -0.25) is 0 Å². The third-order valence-electron chi connectivity index (χ3n) is 3.32. The summed E-state index contributed by atoms with van der Waals surface area (Å²) in [4.78, 5) is 0. The number of ether oxygens (including phenoxy) is 1. The lowest BCUT2D eigenvalue weighted by Gasteiger charge is -2.22. The number of benzene rings is 2. The van der Waals surface area contributed by atoms with E-state index in [1.807, 2.05) is 24.3 Å². The molecular weight excluding hydrogens is 305 g/mol. The van der Waals surface area contributed by atoms with Gasteiger partial charge in [0.05, 0.1) is 13.2 Å². The molecule has 0 saturated heterocycles. The van der Waals surface area contributed by atoms with Crippen molar-refractivity contribution in [1.82, 2.24) is 5.32 Å². The zero-order valence-corrected chi connectivity index (χ0v) is 13.9. The lowest BCUT2D eigenvalue weighted by molar-refractivity contribution is 0.404. The Balaban J connectivity index is 2.55. The second kappa shape index (κ2) is 7.17. The fourth-order valence-electron chi connectivity index (χ4n) is 2.43. The Hall–Kier alpha value is -1.22. The van der Waals surface area contributed by atoms with Crippen LogP contribution in [0.15, 0.2) is 36.4 Å². The third-order valence-corrected chi connectivity index (χ3v) is 3.76. The lowest BCUT2D eigenvalue weighted by Crippen LogP contribution is -2.22. The minimum Gasteiger partial charge on any atom is -0.496 e. The Morgan fingerprint density at radius 1 is 1.10 bits per heavy atom. The van der Waals surface area contributed by atoms with Crippen LogP contribution in [0.5, 0.6) is 5.75 Å². The molecule has 0 aliphatic rings. The van der Waals surface area contributed by atoms with Gasteiger partial charge in [-0.1, -0.05) is 47.8 Å². The van der Waals surface area contributed by atoms with Gasteiger partial charge in [0, 0.05) is 15.6 Å². The Morgan fingerprint density at radius 2 is 1.76 bits per heavy atom. The van der Waals surface area contributed by atoms with Gasteiger partial charge in [0.1, 0.15) is 5.75 Å². The van der Waals surface area contributed by atoms with Crippen LogP contribution in [0.4, 0.5) is 0 Å². The molecule has 1 unspecified atom stereocenters. The van der Waals surface area contributed by atoms with E-state index in [4.69, 9.17) is 27.9 Å². The molecule has 0 aliphatic carbocycles. The number of hydrogen-bond donors (Lipinski definition) is 1. The largest absolute Gasteiger partial charge is 0.496 e. The van der Waals surface area contributed by atoms with Gasteiger partial charge in [-0.25, -0.2) is 0 Å². The molecular formula is C17H19Cl2NO. The van der Waals surface area contributed by atoms with Gasteiger partial charge in [-0.05, 0) is 43.3 Å². The maximum Gasteiger partial charge on any atom is 0.123 e. The van der Waals surface area contributed by atoms with E-state index in [0.717, 1.165) is 23.4 Å². The molecule has 0 aromatic heterocycles. The molecule has 2 nitrogen and oxygen atoms in total. The molecule has 2 aromatic rings. The zero-order valence-electron chi connectivity index (χ0n) is 12.4.